The second-order valence-corrected chi connectivity index (χ2v) is 5.22. The molecule has 1 fully saturated rings. The summed E-state index contributed by atoms with van der Waals surface area (Å²) in [4.78, 5) is 15.2. The molecule has 1 aliphatic heterocycles. The molecule has 1 aromatic heterocycles. The van der Waals surface area contributed by atoms with E-state index in [2.05, 4.69) is 44.3 Å². The van der Waals surface area contributed by atoms with Crippen LogP contribution in [0.5, 0.6) is 0 Å². The Hall–Kier alpha value is -1.43. The average Bonchev–Trinajstić information content (AvgIpc) is 2.94. The Kier molecular flexibility index (Phi) is 4.90. The molecule has 1 aromatic rings. The van der Waals surface area contributed by atoms with Crippen LogP contribution in [-0.4, -0.2) is 47.7 Å². The van der Waals surface area contributed by atoms with Crippen molar-refractivity contribution in [2.75, 3.05) is 36.9 Å². The SMILES string of the molecule is CCC(C)CNc1ncnc(N2CC[C@@H](NC)C2)n1. The van der Waals surface area contributed by atoms with Crippen molar-refractivity contribution in [3.63, 3.8) is 0 Å². The summed E-state index contributed by atoms with van der Waals surface area (Å²) in [5.74, 6) is 2.08. The lowest BCUT2D eigenvalue weighted by Gasteiger charge is -2.17. The van der Waals surface area contributed by atoms with Crippen molar-refractivity contribution in [2.24, 2.45) is 5.92 Å². The van der Waals surface area contributed by atoms with Crippen LogP contribution >= 0.6 is 0 Å². The van der Waals surface area contributed by atoms with Crippen molar-refractivity contribution in [1.82, 2.24) is 20.3 Å². The van der Waals surface area contributed by atoms with E-state index in [1.54, 1.807) is 6.33 Å². The highest BCUT2D eigenvalue weighted by Gasteiger charge is 2.23. The average molecular weight is 264 g/mol. The molecule has 19 heavy (non-hydrogen) atoms. The number of nitrogens with zero attached hydrogens (tertiary/aromatic N) is 4. The van der Waals surface area contributed by atoms with E-state index >= 15 is 0 Å². The van der Waals surface area contributed by atoms with Crippen LogP contribution in [0.3, 0.4) is 0 Å². The zero-order valence-corrected chi connectivity index (χ0v) is 12.1. The number of aromatic nitrogens is 3. The van der Waals surface area contributed by atoms with Gasteiger partial charge in [-0.15, -0.1) is 0 Å². The predicted molar refractivity (Wildman–Crippen MR) is 77.4 cm³/mol. The van der Waals surface area contributed by atoms with E-state index < -0.39 is 0 Å². The van der Waals surface area contributed by atoms with Crippen LogP contribution in [0.2, 0.25) is 0 Å². The molecule has 1 unspecified atom stereocenters. The fourth-order valence-electron chi connectivity index (χ4n) is 2.11. The molecule has 2 heterocycles. The second kappa shape index (κ2) is 6.65. The highest BCUT2D eigenvalue weighted by atomic mass is 15.3. The van der Waals surface area contributed by atoms with Gasteiger partial charge in [-0.2, -0.15) is 4.98 Å². The fraction of sp³-hybridized carbons (Fsp3) is 0.769. The first-order valence-electron chi connectivity index (χ1n) is 7.08. The predicted octanol–water partition coefficient (Wildman–Crippen LogP) is 1.13. The Balaban J connectivity index is 1.95. The van der Waals surface area contributed by atoms with Gasteiger partial charge in [0, 0.05) is 25.7 Å². The smallest absolute Gasteiger partial charge is 0.230 e. The monoisotopic (exact) mass is 264 g/mol. The number of anilines is 2. The number of nitrogens with one attached hydrogen (secondary N) is 2. The molecule has 0 bridgehead atoms. The molecule has 6 nitrogen and oxygen atoms in total. The molecule has 2 rings (SSSR count). The van der Waals surface area contributed by atoms with E-state index in [1.807, 2.05) is 7.05 Å². The van der Waals surface area contributed by atoms with Crippen LogP contribution in [0, 0.1) is 5.92 Å². The van der Waals surface area contributed by atoms with Gasteiger partial charge < -0.3 is 15.5 Å². The summed E-state index contributed by atoms with van der Waals surface area (Å²) in [6.45, 7) is 7.27. The van der Waals surface area contributed by atoms with Crippen LogP contribution in [0.1, 0.15) is 26.7 Å². The van der Waals surface area contributed by atoms with E-state index in [0.29, 0.717) is 17.9 Å². The third-order valence-electron chi connectivity index (χ3n) is 3.74. The lowest BCUT2D eigenvalue weighted by molar-refractivity contribution is 0.591. The Morgan fingerprint density at radius 3 is 3.00 bits per heavy atom. The summed E-state index contributed by atoms with van der Waals surface area (Å²) in [6, 6.07) is 0.535. The number of hydrogen-bond acceptors (Lipinski definition) is 6. The lowest BCUT2D eigenvalue weighted by Crippen LogP contribution is -2.30. The van der Waals surface area contributed by atoms with Gasteiger partial charge in [0.1, 0.15) is 6.33 Å². The van der Waals surface area contributed by atoms with E-state index in [4.69, 9.17) is 0 Å². The van der Waals surface area contributed by atoms with E-state index in [9.17, 15) is 0 Å². The molecule has 6 heteroatoms. The van der Waals surface area contributed by atoms with Gasteiger partial charge in [-0.3, -0.25) is 0 Å². The molecule has 0 saturated carbocycles. The molecule has 0 radical (unpaired) electrons. The summed E-state index contributed by atoms with van der Waals surface area (Å²) >= 11 is 0. The third-order valence-corrected chi connectivity index (χ3v) is 3.74. The minimum absolute atomic E-state index is 0.535. The first-order valence-corrected chi connectivity index (χ1v) is 7.08. The first kappa shape index (κ1) is 14.0. The standard InChI is InChI=1S/C13H24N6/c1-4-10(2)7-15-12-16-9-17-13(18-12)19-6-5-11(8-19)14-3/h9-11,14H,4-8H2,1-3H3,(H,15,16,17,18)/t10?,11-/m1/s1. The maximum Gasteiger partial charge on any atom is 0.230 e. The number of hydrogen-bond donors (Lipinski definition) is 2. The third kappa shape index (κ3) is 3.76. The van der Waals surface area contributed by atoms with Crippen molar-refractivity contribution in [2.45, 2.75) is 32.7 Å². The normalized spacial score (nSPS) is 20.6. The molecule has 2 atom stereocenters. The van der Waals surface area contributed by atoms with Gasteiger partial charge in [0.25, 0.3) is 0 Å². The Morgan fingerprint density at radius 1 is 1.47 bits per heavy atom. The molecule has 0 aliphatic carbocycles. The molecule has 1 saturated heterocycles. The Morgan fingerprint density at radius 2 is 2.32 bits per heavy atom. The molecule has 0 spiro atoms. The van der Waals surface area contributed by atoms with Gasteiger partial charge in [0.2, 0.25) is 11.9 Å². The van der Waals surface area contributed by atoms with Gasteiger partial charge in [-0.25, -0.2) is 9.97 Å². The van der Waals surface area contributed by atoms with Crippen LogP contribution in [0.15, 0.2) is 6.33 Å². The molecular formula is C13H24N6. The van der Waals surface area contributed by atoms with Crippen molar-refractivity contribution < 1.29 is 0 Å². The topological polar surface area (TPSA) is 66.0 Å². The van der Waals surface area contributed by atoms with Crippen LogP contribution < -0.4 is 15.5 Å². The van der Waals surface area contributed by atoms with E-state index in [1.165, 1.54) is 0 Å². The zero-order chi connectivity index (χ0) is 13.7. The van der Waals surface area contributed by atoms with Gasteiger partial charge >= 0.3 is 0 Å². The maximum absolute atomic E-state index is 4.49. The summed E-state index contributed by atoms with van der Waals surface area (Å²) in [7, 11) is 2.00. The highest BCUT2D eigenvalue weighted by molar-refractivity contribution is 5.37. The van der Waals surface area contributed by atoms with Crippen molar-refractivity contribution in [3.8, 4) is 0 Å². The largest absolute Gasteiger partial charge is 0.354 e. The maximum atomic E-state index is 4.49. The molecule has 0 amide bonds. The van der Waals surface area contributed by atoms with Crippen LogP contribution in [-0.2, 0) is 0 Å². The minimum atomic E-state index is 0.535. The molecular weight excluding hydrogens is 240 g/mol. The van der Waals surface area contributed by atoms with Gasteiger partial charge in [0.05, 0.1) is 0 Å². The van der Waals surface area contributed by atoms with Crippen LogP contribution in [0.4, 0.5) is 11.9 Å². The fourth-order valence-corrected chi connectivity index (χ4v) is 2.11. The number of rotatable bonds is 6. The van der Waals surface area contributed by atoms with E-state index in [0.717, 1.165) is 38.4 Å². The quantitative estimate of drug-likeness (QED) is 0.803. The Labute approximate surface area is 115 Å². The highest BCUT2D eigenvalue weighted by Crippen LogP contribution is 2.16. The summed E-state index contributed by atoms with van der Waals surface area (Å²) in [6.07, 6.45) is 3.88. The summed E-state index contributed by atoms with van der Waals surface area (Å²) < 4.78 is 0. The van der Waals surface area contributed by atoms with Gasteiger partial charge in [-0.05, 0) is 19.4 Å². The van der Waals surface area contributed by atoms with Gasteiger partial charge in [0.15, 0.2) is 0 Å². The van der Waals surface area contributed by atoms with Crippen molar-refractivity contribution in [3.05, 3.63) is 6.33 Å². The lowest BCUT2D eigenvalue weighted by atomic mass is 10.1. The summed E-state index contributed by atoms with van der Waals surface area (Å²) in [5, 5.41) is 6.58. The molecule has 1 aliphatic rings. The number of likely N-dealkylation sites (N-methyl/N-ethyl adjacent to an activating group) is 1. The van der Waals surface area contributed by atoms with Gasteiger partial charge in [-0.1, -0.05) is 20.3 Å². The first-order chi connectivity index (χ1) is 9.22. The molecule has 106 valence electrons. The van der Waals surface area contributed by atoms with Crippen molar-refractivity contribution in [1.29, 1.82) is 0 Å². The van der Waals surface area contributed by atoms with Crippen molar-refractivity contribution >= 4 is 11.9 Å². The molecule has 0 aromatic carbocycles. The van der Waals surface area contributed by atoms with Crippen LogP contribution in [0.25, 0.3) is 0 Å². The Bertz CT molecular complexity index is 396. The zero-order valence-electron chi connectivity index (χ0n) is 12.1. The molecule has 2 N–H and O–H groups in total. The second-order valence-electron chi connectivity index (χ2n) is 5.22. The summed E-state index contributed by atoms with van der Waals surface area (Å²) in [5.41, 5.74) is 0. The van der Waals surface area contributed by atoms with E-state index in [-0.39, 0.29) is 0 Å². The minimum Gasteiger partial charge on any atom is -0.354 e.